The van der Waals surface area contributed by atoms with Crippen molar-refractivity contribution < 1.29 is 14.3 Å². The first-order valence-electron chi connectivity index (χ1n) is 6.22. The molecule has 0 bridgehead atoms. The highest BCUT2D eigenvalue weighted by atomic mass is 35.5. The minimum absolute atomic E-state index is 0.134. The molecule has 1 heterocycles. The van der Waals surface area contributed by atoms with E-state index in [1.54, 1.807) is 6.07 Å². The lowest BCUT2D eigenvalue weighted by atomic mass is 9.91. The van der Waals surface area contributed by atoms with Crippen molar-refractivity contribution in [2.75, 3.05) is 0 Å². The number of oxazole rings is 1. The predicted molar refractivity (Wildman–Crippen MR) is 77.3 cm³/mol. The molecule has 0 saturated heterocycles. The topological polar surface area (TPSA) is 63.3 Å². The van der Waals surface area contributed by atoms with Gasteiger partial charge in [0.05, 0.1) is 10.6 Å². The van der Waals surface area contributed by atoms with Gasteiger partial charge in [-0.2, -0.15) is 0 Å². The summed E-state index contributed by atoms with van der Waals surface area (Å²) in [5.74, 6) is -1.02. The first-order chi connectivity index (χ1) is 9.21. The summed E-state index contributed by atoms with van der Waals surface area (Å²) in [5.41, 5.74) is 1.48. The lowest BCUT2D eigenvalue weighted by Gasteiger charge is -2.14. The number of carboxylic acids is 1. The van der Waals surface area contributed by atoms with Crippen LogP contribution in [-0.2, 0) is 5.41 Å². The Morgan fingerprint density at radius 1 is 1.35 bits per heavy atom. The lowest BCUT2D eigenvalue weighted by Crippen LogP contribution is -2.16. The molecule has 2 aromatic rings. The van der Waals surface area contributed by atoms with E-state index in [0.717, 1.165) is 5.56 Å². The highest BCUT2D eigenvalue weighted by Crippen LogP contribution is 2.34. The SMILES string of the molecule is Cc1cccc(-c2nc(C(C)(C)C)c(C(=O)O)o2)c1Cl. The van der Waals surface area contributed by atoms with E-state index >= 15 is 0 Å². The Kier molecular flexibility index (Phi) is 3.61. The third-order valence-electron chi connectivity index (χ3n) is 2.95. The van der Waals surface area contributed by atoms with Gasteiger partial charge in [0.1, 0.15) is 5.69 Å². The van der Waals surface area contributed by atoms with E-state index in [-0.39, 0.29) is 11.7 Å². The molecule has 0 aliphatic rings. The van der Waals surface area contributed by atoms with Gasteiger partial charge in [-0.25, -0.2) is 9.78 Å². The lowest BCUT2D eigenvalue weighted by molar-refractivity contribution is 0.0659. The molecule has 1 N–H and O–H groups in total. The fourth-order valence-corrected chi connectivity index (χ4v) is 2.11. The first-order valence-corrected chi connectivity index (χ1v) is 6.59. The van der Waals surface area contributed by atoms with Crippen LogP contribution >= 0.6 is 11.6 Å². The number of aromatic carboxylic acids is 1. The molecule has 0 aliphatic heterocycles. The Morgan fingerprint density at radius 2 is 2.00 bits per heavy atom. The van der Waals surface area contributed by atoms with E-state index in [1.807, 2.05) is 39.8 Å². The largest absolute Gasteiger partial charge is 0.475 e. The quantitative estimate of drug-likeness (QED) is 0.896. The average molecular weight is 294 g/mol. The molecular formula is C15H16ClNO3. The van der Waals surface area contributed by atoms with E-state index in [0.29, 0.717) is 16.3 Å². The molecule has 0 radical (unpaired) electrons. The number of hydrogen-bond donors (Lipinski definition) is 1. The second-order valence-corrected chi connectivity index (χ2v) is 6.07. The number of aromatic nitrogens is 1. The molecule has 1 aromatic heterocycles. The maximum absolute atomic E-state index is 11.3. The standard InChI is InChI=1S/C15H16ClNO3/c1-8-6-5-7-9(10(8)16)13-17-12(15(2,3)4)11(20-13)14(18)19/h5-7H,1-4H3,(H,18,19). The first kappa shape index (κ1) is 14.6. The molecule has 0 fully saturated rings. The molecule has 0 atom stereocenters. The van der Waals surface area contributed by atoms with Crippen molar-refractivity contribution in [1.82, 2.24) is 4.98 Å². The molecule has 0 unspecified atom stereocenters. The van der Waals surface area contributed by atoms with Gasteiger partial charge < -0.3 is 9.52 Å². The highest BCUT2D eigenvalue weighted by molar-refractivity contribution is 6.33. The van der Waals surface area contributed by atoms with Gasteiger partial charge in [-0.15, -0.1) is 0 Å². The fraction of sp³-hybridized carbons (Fsp3) is 0.333. The number of halogens is 1. The molecule has 2 rings (SSSR count). The van der Waals surface area contributed by atoms with Gasteiger partial charge in [0.25, 0.3) is 0 Å². The summed E-state index contributed by atoms with van der Waals surface area (Å²) >= 11 is 6.24. The van der Waals surface area contributed by atoms with Gasteiger partial charge in [-0.3, -0.25) is 0 Å². The van der Waals surface area contributed by atoms with Crippen LogP contribution in [0.1, 0.15) is 42.6 Å². The predicted octanol–water partition coefficient (Wildman–Crippen LogP) is 4.30. The van der Waals surface area contributed by atoms with Crippen LogP contribution in [0, 0.1) is 6.92 Å². The Bertz CT molecular complexity index is 668. The molecule has 106 valence electrons. The molecular weight excluding hydrogens is 278 g/mol. The summed E-state index contributed by atoms with van der Waals surface area (Å²) in [4.78, 5) is 15.6. The van der Waals surface area contributed by atoms with E-state index in [4.69, 9.17) is 16.0 Å². The van der Waals surface area contributed by atoms with Crippen molar-refractivity contribution in [3.8, 4) is 11.5 Å². The van der Waals surface area contributed by atoms with Crippen LogP contribution in [0.4, 0.5) is 0 Å². The molecule has 20 heavy (non-hydrogen) atoms. The smallest absolute Gasteiger partial charge is 0.373 e. The normalized spacial score (nSPS) is 11.7. The zero-order valence-electron chi connectivity index (χ0n) is 11.8. The zero-order chi connectivity index (χ0) is 15.1. The number of carboxylic acid groups (broad SMARTS) is 1. The molecule has 0 saturated carbocycles. The molecule has 5 heteroatoms. The molecule has 0 amide bonds. The maximum atomic E-state index is 11.3. The summed E-state index contributed by atoms with van der Waals surface area (Å²) in [6, 6.07) is 5.47. The Morgan fingerprint density at radius 3 is 2.50 bits per heavy atom. The van der Waals surface area contributed by atoms with Crippen molar-refractivity contribution in [3.05, 3.63) is 40.2 Å². The van der Waals surface area contributed by atoms with Crippen LogP contribution in [0.5, 0.6) is 0 Å². The number of aryl methyl sites for hydroxylation is 1. The van der Waals surface area contributed by atoms with Crippen LogP contribution < -0.4 is 0 Å². The number of carbonyl (C=O) groups is 1. The van der Waals surface area contributed by atoms with Crippen LogP contribution in [0.15, 0.2) is 22.6 Å². The highest BCUT2D eigenvalue weighted by Gasteiger charge is 2.29. The third-order valence-corrected chi connectivity index (χ3v) is 3.46. The van der Waals surface area contributed by atoms with Gasteiger partial charge in [0, 0.05) is 5.41 Å². The van der Waals surface area contributed by atoms with Gasteiger partial charge in [-0.05, 0) is 18.6 Å². The maximum Gasteiger partial charge on any atom is 0.373 e. The van der Waals surface area contributed by atoms with Crippen molar-refractivity contribution in [2.45, 2.75) is 33.1 Å². The van der Waals surface area contributed by atoms with E-state index in [2.05, 4.69) is 4.98 Å². The van der Waals surface area contributed by atoms with Gasteiger partial charge in [-0.1, -0.05) is 44.5 Å². The second-order valence-electron chi connectivity index (χ2n) is 5.69. The van der Waals surface area contributed by atoms with Crippen LogP contribution in [-0.4, -0.2) is 16.1 Å². The Hall–Kier alpha value is -1.81. The number of rotatable bonds is 2. The van der Waals surface area contributed by atoms with E-state index < -0.39 is 11.4 Å². The minimum Gasteiger partial charge on any atom is -0.475 e. The minimum atomic E-state index is -1.13. The molecule has 4 nitrogen and oxygen atoms in total. The average Bonchev–Trinajstić information content (AvgIpc) is 2.77. The zero-order valence-corrected chi connectivity index (χ0v) is 12.6. The van der Waals surface area contributed by atoms with Crippen LogP contribution in [0.3, 0.4) is 0 Å². The van der Waals surface area contributed by atoms with Gasteiger partial charge in [0.2, 0.25) is 11.7 Å². The Balaban J connectivity index is 2.65. The monoisotopic (exact) mass is 293 g/mol. The molecule has 1 aromatic carbocycles. The van der Waals surface area contributed by atoms with E-state index in [9.17, 15) is 9.90 Å². The van der Waals surface area contributed by atoms with Crippen molar-refractivity contribution in [2.24, 2.45) is 0 Å². The van der Waals surface area contributed by atoms with E-state index in [1.165, 1.54) is 0 Å². The van der Waals surface area contributed by atoms with Crippen LogP contribution in [0.25, 0.3) is 11.5 Å². The summed E-state index contributed by atoms with van der Waals surface area (Å²) in [5, 5.41) is 9.77. The molecule has 0 spiro atoms. The fourth-order valence-electron chi connectivity index (χ4n) is 1.90. The van der Waals surface area contributed by atoms with Crippen molar-refractivity contribution >= 4 is 17.6 Å². The second kappa shape index (κ2) is 4.94. The number of hydrogen-bond acceptors (Lipinski definition) is 3. The summed E-state index contributed by atoms with van der Waals surface area (Å²) in [7, 11) is 0. The number of nitrogens with zero attached hydrogens (tertiary/aromatic N) is 1. The van der Waals surface area contributed by atoms with Gasteiger partial charge in [0.15, 0.2) is 0 Å². The van der Waals surface area contributed by atoms with Gasteiger partial charge >= 0.3 is 5.97 Å². The number of benzene rings is 1. The summed E-state index contributed by atoms with van der Waals surface area (Å²) in [6.07, 6.45) is 0. The van der Waals surface area contributed by atoms with Crippen molar-refractivity contribution in [3.63, 3.8) is 0 Å². The third kappa shape index (κ3) is 2.56. The van der Waals surface area contributed by atoms with Crippen molar-refractivity contribution in [1.29, 1.82) is 0 Å². The molecule has 0 aliphatic carbocycles. The Labute approximate surface area is 122 Å². The van der Waals surface area contributed by atoms with Crippen LogP contribution in [0.2, 0.25) is 5.02 Å². The summed E-state index contributed by atoms with van der Waals surface area (Å²) in [6.45, 7) is 7.54. The summed E-state index contributed by atoms with van der Waals surface area (Å²) < 4.78 is 5.43.